The Bertz CT molecular complexity index is 1010. The van der Waals surface area contributed by atoms with Crippen LogP contribution in [0.1, 0.15) is 24.5 Å². The average Bonchev–Trinajstić information content (AvgIpc) is 2.70. The fourth-order valence-corrected chi connectivity index (χ4v) is 3.41. The summed E-state index contributed by atoms with van der Waals surface area (Å²) in [6.07, 6.45) is -0.00512. The van der Waals surface area contributed by atoms with Crippen LogP contribution in [-0.2, 0) is 20.8 Å². The third kappa shape index (κ3) is 6.97. The molecule has 0 aliphatic carbocycles. The molecule has 2 rings (SSSR count). The van der Waals surface area contributed by atoms with Gasteiger partial charge < -0.3 is 20.6 Å². The van der Waals surface area contributed by atoms with E-state index in [1.807, 2.05) is 0 Å². The summed E-state index contributed by atoms with van der Waals surface area (Å²) in [4.78, 5) is 32.5. The number of hydrogen-bond acceptors (Lipinski definition) is 5. The number of nitrogens with two attached hydrogens (primary N) is 1. The van der Waals surface area contributed by atoms with Gasteiger partial charge in [-0.25, -0.2) is 4.99 Å². The topological polar surface area (TPSA) is 115 Å². The number of anilines is 1. The monoisotopic (exact) mass is 464 g/mol. The van der Waals surface area contributed by atoms with Crippen LogP contribution in [0.3, 0.4) is 0 Å². The zero-order valence-electron chi connectivity index (χ0n) is 17.2. The van der Waals surface area contributed by atoms with Crippen molar-refractivity contribution in [3.8, 4) is 5.75 Å². The minimum absolute atomic E-state index is 0.0706. The molecular weight excluding hydrogens is 443 g/mol. The van der Waals surface area contributed by atoms with Crippen molar-refractivity contribution in [3.63, 3.8) is 0 Å². The molecule has 10 heteroatoms. The summed E-state index contributed by atoms with van der Waals surface area (Å²) < 4.78 is 5.31. The number of carbonyl (C=O) groups is 2. The largest absolute Gasteiger partial charge is 0.496 e. The summed E-state index contributed by atoms with van der Waals surface area (Å²) in [6.45, 7) is 1.35. The highest BCUT2D eigenvalue weighted by Gasteiger charge is 2.16. The molecule has 164 valence electrons. The van der Waals surface area contributed by atoms with Crippen molar-refractivity contribution in [2.24, 2.45) is 15.9 Å². The van der Waals surface area contributed by atoms with Crippen molar-refractivity contribution in [1.29, 1.82) is 0 Å². The van der Waals surface area contributed by atoms with Gasteiger partial charge in [0.25, 0.3) is 5.91 Å². The lowest BCUT2D eigenvalue weighted by molar-refractivity contribution is -0.116. The van der Waals surface area contributed by atoms with Gasteiger partial charge >= 0.3 is 0 Å². The van der Waals surface area contributed by atoms with Crippen LogP contribution < -0.4 is 15.8 Å². The molecule has 8 nitrogen and oxygen atoms in total. The summed E-state index contributed by atoms with van der Waals surface area (Å²) in [5.41, 5.74) is 7.86. The van der Waals surface area contributed by atoms with E-state index in [9.17, 15) is 9.59 Å². The lowest BCUT2D eigenvalue weighted by atomic mass is 10.1. The Hall–Kier alpha value is -3.10. The van der Waals surface area contributed by atoms with E-state index in [1.54, 1.807) is 36.4 Å². The van der Waals surface area contributed by atoms with Crippen molar-refractivity contribution < 1.29 is 19.2 Å². The van der Waals surface area contributed by atoms with Crippen molar-refractivity contribution in [3.05, 3.63) is 57.6 Å². The van der Waals surface area contributed by atoms with Gasteiger partial charge in [-0.05, 0) is 29.8 Å². The van der Waals surface area contributed by atoms with Gasteiger partial charge in [0.15, 0.2) is 0 Å². The standard InChI is InChI=1S/C21H22Cl2N4O4/c1-12(28)25-21-15(22)8-13(9-16(21)23)10-19(24)26-20(29)11-17(27-31-3)14-6-4-5-7-18(14)30-2/h4-9H,10-11H2,1-3H3,(H,25,28)(H2,24,26,29). The molecule has 0 bridgehead atoms. The average molecular weight is 465 g/mol. The molecule has 0 saturated carbocycles. The van der Waals surface area contributed by atoms with Gasteiger partial charge in [-0.15, -0.1) is 0 Å². The smallest absolute Gasteiger partial charge is 0.253 e. The van der Waals surface area contributed by atoms with Gasteiger partial charge in [-0.2, -0.15) is 0 Å². The van der Waals surface area contributed by atoms with Gasteiger partial charge in [0.2, 0.25) is 5.91 Å². The highest BCUT2D eigenvalue weighted by atomic mass is 35.5. The van der Waals surface area contributed by atoms with Crippen LogP contribution in [0.4, 0.5) is 5.69 Å². The molecule has 3 N–H and O–H groups in total. The second-order valence-corrected chi connectivity index (χ2v) is 7.20. The molecule has 2 aromatic rings. The maximum absolute atomic E-state index is 12.5. The SMILES string of the molecule is CON=C(CC(=O)N=C(N)Cc1cc(Cl)c(NC(C)=O)c(Cl)c1)c1ccccc1OC. The van der Waals surface area contributed by atoms with Crippen LogP contribution >= 0.6 is 23.2 Å². The van der Waals surface area contributed by atoms with E-state index in [4.69, 9.17) is 38.5 Å². The van der Waals surface area contributed by atoms with E-state index in [1.165, 1.54) is 21.1 Å². The Labute approximate surface area is 190 Å². The summed E-state index contributed by atoms with van der Waals surface area (Å²) in [5.74, 6) is -0.189. The molecule has 0 aromatic heterocycles. The number of amidine groups is 1. The van der Waals surface area contributed by atoms with Crippen molar-refractivity contribution >= 4 is 52.3 Å². The molecule has 2 aromatic carbocycles. The third-order valence-corrected chi connectivity index (χ3v) is 4.59. The predicted molar refractivity (Wildman–Crippen MR) is 122 cm³/mol. The number of benzene rings is 2. The van der Waals surface area contributed by atoms with Crippen LogP contribution in [0.15, 0.2) is 46.5 Å². The number of carbonyl (C=O) groups excluding carboxylic acids is 2. The molecule has 0 atom stereocenters. The number of halogens is 2. The number of ether oxygens (including phenoxy) is 1. The molecule has 0 spiro atoms. The zero-order valence-corrected chi connectivity index (χ0v) is 18.8. The summed E-state index contributed by atoms with van der Waals surface area (Å²) >= 11 is 12.4. The fraction of sp³-hybridized carbons (Fsp3) is 0.238. The van der Waals surface area contributed by atoms with Crippen LogP contribution in [0.25, 0.3) is 0 Å². The Morgan fingerprint density at radius 3 is 2.35 bits per heavy atom. The minimum atomic E-state index is -0.508. The number of rotatable bonds is 8. The van der Waals surface area contributed by atoms with E-state index < -0.39 is 5.91 Å². The first-order valence-corrected chi connectivity index (χ1v) is 9.85. The van der Waals surface area contributed by atoms with Crippen LogP contribution in [0, 0.1) is 0 Å². The number of aliphatic imine (C=N–C) groups is 1. The van der Waals surface area contributed by atoms with Crippen LogP contribution in [0.2, 0.25) is 10.0 Å². The Morgan fingerprint density at radius 2 is 1.77 bits per heavy atom. The number of methoxy groups -OCH3 is 1. The second-order valence-electron chi connectivity index (χ2n) is 6.39. The third-order valence-electron chi connectivity index (χ3n) is 3.99. The number of nitrogens with one attached hydrogen (secondary N) is 1. The number of hydrogen-bond donors (Lipinski definition) is 2. The minimum Gasteiger partial charge on any atom is -0.496 e. The normalized spacial score (nSPS) is 11.8. The van der Waals surface area contributed by atoms with E-state index in [0.29, 0.717) is 28.3 Å². The Kier molecular flexibility index (Phi) is 8.84. The molecule has 0 fully saturated rings. The van der Waals surface area contributed by atoms with Crippen molar-refractivity contribution in [1.82, 2.24) is 0 Å². The molecular formula is C21H22Cl2N4O4. The fourth-order valence-electron chi connectivity index (χ4n) is 2.78. The Balaban J connectivity index is 2.17. The Morgan fingerprint density at radius 1 is 1.13 bits per heavy atom. The van der Waals surface area contributed by atoms with Crippen molar-refractivity contribution in [2.75, 3.05) is 19.5 Å². The maximum Gasteiger partial charge on any atom is 0.253 e. The lowest BCUT2D eigenvalue weighted by Gasteiger charge is -2.11. The highest BCUT2D eigenvalue weighted by Crippen LogP contribution is 2.32. The number of oxime groups is 1. The molecule has 0 heterocycles. The van der Waals surface area contributed by atoms with E-state index in [-0.39, 0.29) is 34.6 Å². The molecule has 0 aliphatic heterocycles. The molecule has 0 unspecified atom stereocenters. The highest BCUT2D eigenvalue weighted by molar-refractivity contribution is 6.39. The summed E-state index contributed by atoms with van der Waals surface area (Å²) in [7, 11) is 2.91. The second kappa shape index (κ2) is 11.3. The summed E-state index contributed by atoms with van der Waals surface area (Å²) in [6, 6.07) is 10.3. The maximum atomic E-state index is 12.5. The zero-order chi connectivity index (χ0) is 23.0. The summed E-state index contributed by atoms with van der Waals surface area (Å²) in [5, 5.41) is 6.99. The molecule has 0 aliphatic rings. The van der Waals surface area contributed by atoms with Gasteiger partial charge in [-0.1, -0.05) is 40.5 Å². The molecule has 0 radical (unpaired) electrons. The molecule has 2 amide bonds. The quantitative estimate of drug-likeness (QED) is 0.349. The number of para-hydroxylation sites is 1. The molecule has 31 heavy (non-hydrogen) atoms. The number of nitrogens with zero attached hydrogens (tertiary/aromatic N) is 2. The first-order valence-electron chi connectivity index (χ1n) is 9.10. The van der Waals surface area contributed by atoms with Crippen LogP contribution in [-0.4, -0.2) is 37.6 Å². The predicted octanol–water partition coefficient (Wildman–Crippen LogP) is 3.83. The molecule has 0 saturated heterocycles. The number of amides is 2. The van der Waals surface area contributed by atoms with E-state index in [0.717, 1.165) is 0 Å². The van der Waals surface area contributed by atoms with E-state index >= 15 is 0 Å². The first-order chi connectivity index (χ1) is 14.7. The van der Waals surface area contributed by atoms with Gasteiger partial charge in [0.1, 0.15) is 24.4 Å². The van der Waals surface area contributed by atoms with Crippen LogP contribution in [0.5, 0.6) is 5.75 Å². The first kappa shape index (κ1) is 24.2. The lowest BCUT2D eigenvalue weighted by Crippen LogP contribution is -2.19. The van der Waals surface area contributed by atoms with Gasteiger partial charge in [0, 0.05) is 18.9 Å². The van der Waals surface area contributed by atoms with E-state index in [2.05, 4.69) is 15.5 Å². The van der Waals surface area contributed by atoms with Crippen molar-refractivity contribution in [2.45, 2.75) is 19.8 Å². The van der Waals surface area contributed by atoms with Gasteiger partial charge in [0.05, 0.1) is 29.3 Å². The van der Waals surface area contributed by atoms with Gasteiger partial charge in [-0.3, -0.25) is 9.59 Å².